The van der Waals surface area contributed by atoms with Crippen LogP contribution < -0.4 is 4.90 Å². The standard InChI is InChI=1S/C23H27N3O3/c1-17(2)19-8-10-21(24-15-19)23(29)26-13-11-25(12-14-26)22-6-4-3-5-18(22)7-9-20(28)16-27/h3-10,15,17,27H,11-14,16H2,1-2H3/b9-7+. The Balaban J connectivity index is 1.65. The maximum absolute atomic E-state index is 12.8. The molecule has 2 aromatic rings. The second-order valence-corrected chi connectivity index (χ2v) is 7.43. The summed E-state index contributed by atoms with van der Waals surface area (Å²) in [7, 11) is 0. The van der Waals surface area contributed by atoms with Gasteiger partial charge in [0.1, 0.15) is 12.3 Å². The summed E-state index contributed by atoms with van der Waals surface area (Å²) in [5.74, 6) is 0.0184. The molecule has 1 aromatic carbocycles. The average molecular weight is 393 g/mol. The van der Waals surface area contributed by atoms with E-state index >= 15 is 0 Å². The number of ketones is 1. The largest absolute Gasteiger partial charge is 0.388 e. The van der Waals surface area contributed by atoms with Gasteiger partial charge in [-0.3, -0.25) is 14.6 Å². The molecule has 0 atom stereocenters. The van der Waals surface area contributed by atoms with Gasteiger partial charge >= 0.3 is 0 Å². The normalized spacial score (nSPS) is 14.6. The predicted molar refractivity (Wildman–Crippen MR) is 114 cm³/mol. The first kappa shape index (κ1) is 20.7. The monoisotopic (exact) mass is 393 g/mol. The molecule has 1 fully saturated rings. The van der Waals surface area contributed by atoms with Crippen molar-refractivity contribution < 1.29 is 14.7 Å². The number of para-hydroxylation sites is 1. The zero-order valence-electron chi connectivity index (χ0n) is 16.9. The molecule has 1 aliphatic rings. The summed E-state index contributed by atoms with van der Waals surface area (Å²) in [6, 6.07) is 11.6. The van der Waals surface area contributed by atoms with Gasteiger partial charge in [-0.05, 0) is 41.3 Å². The van der Waals surface area contributed by atoms with Crippen LogP contribution in [0.15, 0.2) is 48.7 Å². The van der Waals surface area contributed by atoms with E-state index in [9.17, 15) is 9.59 Å². The van der Waals surface area contributed by atoms with Crippen LogP contribution in [0.2, 0.25) is 0 Å². The lowest BCUT2D eigenvalue weighted by atomic mass is 10.1. The number of anilines is 1. The number of pyridine rings is 1. The summed E-state index contributed by atoms with van der Waals surface area (Å²) in [6.07, 6.45) is 4.90. The number of aromatic nitrogens is 1. The van der Waals surface area contributed by atoms with E-state index in [1.165, 1.54) is 6.08 Å². The fourth-order valence-electron chi connectivity index (χ4n) is 3.34. The number of hydrogen-bond donors (Lipinski definition) is 1. The Labute approximate surface area is 171 Å². The number of carbonyl (C=O) groups is 2. The molecule has 0 radical (unpaired) electrons. The molecule has 6 nitrogen and oxygen atoms in total. The third-order valence-corrected chi connectivity index (χ3v) is 5.12. The van der Waals surface area contributed by atoms with E-state index in [4.69, 9.17) is 5.11 Å². The summed E-state index contributed by atoms with van der Waals surface area (Å²) in [6.45, 7) is 6.34. The van der Waals surface area contributed by atoms with Crippen LogP contribution in [0.5, 0.6) is 0 Å². The molecular weight excluding hydrogens is 366 g/mol. The summed E-state index contributed by atoms with van der Waals surface area (Å²) in [4.78, 5) is 32.6. The number of rotatable bonds is 6. The van der Waals surface area contributed by atoms with Crippen molar-refractivity contribution >= 4 is 23.5 Å². The second kappa shape index (κ2) is 9.47. The molecule has 1 amide bonds. The number of carbonyl (C=O) groups excluding carboxylic acids is 2. The maximum atomic E-state index is 12.8. The van der Waals surface area contributed by atoms with Crippen LogP contribution in [0.25, 0.3) is 6.08 Å². The summed E-state index contributed by atoms with van der Waals surface area (Å²) in [5.41, 5.74) is 3.53. The van der Waals surface area contributed by atoms with Crippen molar-refractivity contribution in [1.29, 1.82) is 0 Å². The second-order valence-electron chi connectivity index (χ2n) is 7.43. The van der Waals surface area contributed by atoms with Gasteiger partial charge in [-0.1, -0.05) is 38.1 Å². The minimum Gasteiger partial charge on any atom is -0.388 e. The van der Waals surface area contributed by atoms with Gasteiger partial charge in [0, 0.05) is 38.1 Å². The van der Waals surface area contributed by atoms with Crippen LogP contribution in [-0.2, 0) is 4.79 Å². The number of aliphatic hydroxyl groups is 1. The fraction of sp³-hybridized carbons (Fsp3) is 0.348. The zero-order valence-corrected chi connectivity index (χ0v) is 16.9. The lowest BCUT2D eigenvalue weighted by Crippen LogP contribution is -2.49. The van der Waals surface area contributed by atoms with Crippen LogP contribution in [-0.4, -0.2) is 59.5 Å². The van der Waals surface area contributed by atoms with Gasteiger partial charge in [0.2, 0.25) is 0 Å². The molecule has 1 aromatic heterocycles. The van der Waals surface area contributed by atoms with E-state index in [0.29, 0.717) is 37.8 Å². The predicted octanol–water partition coefficient (Wildman–Crippen LogP) is 2.74. The van der Waals surface area contributed by atoms with Crippen molar-refractivity contribution in [3.63, 3.8) is 0 Å². The number of amides is 1. The van der Waals surface area contributed by atoms with Gasteiger partial charge < -0.3 is 14.9 Å². The van der Waals surface area contributed by atoms with Crippen LogP contribution in [0.4, 0.5) is 5.69 Å². The van der Waals surface area contributed by atoms with Gasteiger partial charge in [-0.25, -0.2) is 0 Å². The smallest absolute Gasteiger partial charge is 0.272 e. The Hall–Kier alpha value is -2.99. The average Bonchev–Trinajstić information content (AvgIpc) is 2.77. The molecule has 0 bridgehead atoms. The highest BCUT2D eigenvalue weighted by Crippen LogP contribution is 2.23. The van der Waals surface area contributed by atoms with Crippen molar-refractivity contribution in [1.82, 2.24) is 9.88 Å². The maximum Gasteiger partial charge on any atom is 0.272 e. The molecule has 152 valence electrons. The Kier molecular flexibility index (Phi) is 6.77. The SMILES string of the molecule is CC(C)c1ccc(C(=O)N2CCN(c3ccccc3/C=C/C(=O)CO)CC2)nc1. The fourth-order valence-corrected chi connectivity index (χ4v) is 3.34. The van der Waals surface area contributed by atoms with E-state index in [1.54, 1.807) is 12.3 Å². The molecule has 1 aliphatic heterocycles. The number of hydrogen-bond acceptors (Lipinski definition) is 5. The van der Waals surface area contributed by atoms with Crippen LogP contribution >= 0.6 is 0 Å². The molecule has 0 aliphatic carbocycles. The van der Waals surface area contributed by atoms with E-state index in [0.717, 1.165) is 16.8 Å². The highest BCUT2D eigenvalue weighted by molar-refractivity contribution is 5.95. The summed E-state index contributed by atoms with van der Waals surface area (Å²) in [5, 5.41) is 8.89. The topological polar surface area (TPSA) is 73.7 Å². The van der Waals surface area contributed by atoms with Gasteiger partial charge in [-0.2, -0.15) is 0 Å². The highest BCUT2D eigenvalue weighted by atomic mass is 16.3. The zero-order chi connectivity index (χ0) is 20.8. The molecule has 1 N–H and O–H groups in total. The first-order valence-electron chi connectivity index (χ1n) is 9.90. The van der Waals surface area contributed by atoms with E-state index in [-0.39, 0.29) is 11.7 Å². The molecule has 2 heterocycles. The summed E-state index contributed by atoms with van der Waals surface area (Å²) < 4.78 is 0. The number of nitrogens with zero attached hydrogens (tertiary/aromatic N) is 3. The first-order valence-corrected chi connectivity index (χ1v) is 9.90. The van der Waals surface area contributed by atoms with Gasteiger partial charge in [-0.15, -0.1) is 0 Å². The Morgan fingerprint density at radius 1 is 1.10 bits per heavy atom. The molecule has 0 saturated carbocycles. The number of benzene rings is 1. The first-order chi connectivity index (χ1) is 14.0. The Bertz CT molecular complexity index is 882. The van der Waals surface area contributed by atoms with Crippen LogP contribution in [0.1, 0.15) is 41.4 Å². The van der Waals surface area contributed by atoms with Gasteiger partial charge in [0.05, 0.1) is 0 Å². The third-order valence-electron chi connectivity index (χ3n) is 5.12. The molecule has 3 rings (SSSR count). The van der Waals surface area contributed by atoms with Crippen LogP contribution in [0.3, 0.4) is 0 Å². The van der Waals surface area contributed by atoms with Crippen molar-refractivity contribution in [3.05, 3.63) is 65.5 Å². The third kappa shape index (κ3) is 5.09. The Morgan fingerprint density at radius 2 is 1.83 bits per heavy atom. The molecule has 6 heteroatoms. The lowest BCUT2D eigenvalue weighted by molar-refractivity contribution is -0.117. The van der Waals surface area contributed by atoms with Crippen molar-refractivity contribution in [2.45, 2.75) is 19.8 Å². The molecule has 1 saturated heterocycles. The lowest BCUT2D eigenvalue weighted by Gasteiger charge is -2.36. The highest BCUT2D eigenvalue weighted by Gasteiger charge is 2.24. The number of piperazine rings is 1. The van der Waals surface area contributed by atoms with Crippen molar-refractivity contribution in [2.75, 3.05) is 37.7 Å². The van der Waals surface area contributed by atoms with E-state index < -0.39 is 6.61 Å². The van der Waals surface area contributed by atoms with Crippen molar-refractivity contribution in [2.24, 2.45) is 0 Å². The molecule has 0 spiro atoms. The van der Waals surface area contributed by atoms with E-state index in [1.807, 2.05) is 41.3 Å². The molecule has 29 heavy (non-hydrogen) atoms. The number of aliphatic hydroxyl groups excluding tert-OH is 1. The molecular formula is C23H27N3O3. The van der Waals surface area contributed by atoms with Crippen LogP contribution in [0, 0.1) is 0 Å². The van der Waals surface area contributed by atoms with E-state index in [2.05, 4.69) is 23.7 Å². The minimum absolute atomic E-state index is 0.0401. The Morgan fingerprint density at radius 3 is 2.45 bits per heavy atom. The van der Waals surface area contributed by atoms with Gasteiger partial charge in [0.15, 0.2) is 5.78 Å². The minimum atomic E-state index is -0.494. The molecule has 0 unspecified atom stereocenters. The van der Waals surface area contributed by atoms with Gasteiger partial charge in [0.25, 0.3) is 5.91 Å². The van der Waals surface area contributed by atoms with Crippen molar-refractivity contribution in [3.8, 4) is 0 Å². The quantitative estimate of drug-likeness (QED) is 0.764. The summed E-state index contributed by atoms with van der Waals surface area (Å²) >= 11 is 0.